The fourth-order valence-corrected chi connectivity index (χ4v) is 3.33. The quantitative estimate of drug-likeness (QED) is 0.720. The molecular weight excluding hydrogens is 262 g/mol. The summed E-state index contributed by atoms with van der Waals surface area (Å²) >= 11 is 0. The van der Waals surface area contributed by atoms with Crippen molar-refractivity contribution in [3.05, 3.63) is 42.0 Å². The first-order valence-electron chi connectivity index (χ1n) is 7.56. The number of fused-ring (bicyclic) bond motifs is 3. The maximum Gasteiger partial charge on any atom is 0.143 e. The molecule has 0 N–H and O–H groups in total. The van der Waals surface area contributed by atoms with Crippen molar-refractivity contribution in [2.45, 2.75) is 19.4 Å². The molecule has 3 aromatic rings. The molecule has 0 radical (unpaired) electrons. The standard InChI is InChI=1S/C18H19NO2/c1-20-16-9-8-14-13-6-2-3-7-17(13)21-18(14)15(16)12-19-10-4-5-11-19/h2-3,6-9H,4-5,10-12H2,1H3. The number of methoxy groups -OCH3 is 1. The highest BCUT2D eigenvalue weighted by Gasteiger charge is 2.19. The number of likely N-dealkylation sites (tertiary alicyclic amines) is 1. The second-order valence-electron chi connectivity index (χ2n) is 5.70. The van der Waals surface area contributed by atoms with Crippen LogP contribution in [0.4, 0.5) is 0 Å². The normalized spacial score (nSPS) is 16.0. The molecule has 108 valence electrons. The Morgan fingerprint density at radius 2 is 1.86 bits per heavy atom. The van der Waals surface area contributed by atoms with Crippen molar-refractivity contribution in [3.63, 3.8) is 0 Å². The number of rotatable bonds is 3. The Kier molecular flexibility index (Phi) is 3.08. The topological polar surface area (TPSA) is 25.6 Å². The lowest BCUT2D eigenvalue weighted by atomic mass is 10.1. The Bertz CT molecular complexity index is 784. The van der Waals surface area contributed by atoms with Gasteiger partial charge < -0.3 is 9.15 Å². The third-order valence-corrected chi connectivity index (χ3v) is 4.41. The molecular formula is C18H19NO2. The molecule has 0 atom stereocenters. The van der Waals surface area contributed by atoms with Crippen LogP contribution in [0.1, 0.15) is 18.4 Å². The maximum atomic E-state index is 6.13. The minimum atomic E-state index is 0.903. The minimum Gasteiger partial charge on any atom is -0.496 e. The summed E-state index contributed by atoms with van der Waals surface area (Å²) in [7, 11) is 1.73. The van der Waals surface area contributed by atoms with Gasteiger partial charge in [0.05, 0.1) is 12.7 Å². The highest BCUT2D eigenvalue weighted by atomic mass is 16.5. The van der Waals surface area contributed by atoms with E-state index in [4.69, 9.17) is 9.15 Å². The smallest absolute Gasteiger partial charge is 0.143 e. The molecule has 1 aliphatic rings. The highest BCUT2D eigenvalue weighted by molar-refractivity contribution is 6.06. The van der Waals surface area contributed by atoms with Gasteiger partial charge in [-0.2, -0.15) is 0 Å². The molecule has 0 amide bonds. The van der Waals surface area contributed by atoms with Gasteiger partial charge >= 0.3 is 0 Å². The van der Waals surface area contributed by atoms with Crippen molar-refractivity contribution in [3.8, 4) is 5.75 Å². The highest BCUT2D eigenvalue weighted by Crippen LogP contribution is 2.36. The monoisotopic (exact) mass is 281 g/mol. The van der Waals surface area contributed by atoms with Gasteiger partial charge in [-0.15, -0.1) is 0 Å². The lowest BCUT2D eigenvalue weighted by Gasteiger charge is -2.17. The van der Waals surface area contributed by atoms with E-state index < -0.39 is 0 Å². The third kappa shape index (κ3) is 2.09. The van der Waals surface area contributed by atoms with Gasteiger partial charge in [-0.3, -0.25) is 4.90 Å². The zero-order valence-electron chi connectivity index (χ0n) is 12.3. The predicted octanol–water partition coefficient (Wildman–Crippen LogP) is 4.19. The SMILES string of the molecule is COc1ccc2c(oc3ccccc32)c1CN1CCCC1. The second-order valence-corrected chi connectivity index (χ2v) is 5.70. The van der Waals surface area contributed by atoms with Crippen molar-refractivity contribution in [1.29, 1.82) is 0 Å². The van der Waals surface area contributed by atoms with Crippen LogP contribution in [-0.4, -0.2) is 25.1 Å². The first kappa shape index (κ1) is 12.7. The number of hydrogen-bond donors (Lipinski definition) is 0. The van der Waals surface area contributed by atoms with Crippen LogP contribution in [0.15, 0.2) is 40.8 Å². The van der Waals surface area contributed by atoms with Crippen molar-refractivity contribution in [2.24, 2.45) is 0 Å². The molecule has 4 rings (SSSR count). The van der Waals surface area contributed by atoms with E-state index in [0.717, 1.165) is 23.5 Å². The summed E-state index contributed by atoms with van der Waals surface area (Å²) in [5.74, 6) is 0.924. The lowest BCUT2D eigenvalue weighted by molar-refractivity contribution is 0.321. The van der Waals surface area contributed by atoms with Crippen LogP contribution in [0.3, 0.4) is 0 Å². The van der Waals surface area contributed by atoms with Crippen LogP contribution >= 0.6 is 0 Å². The number of nitrogens with zero attached hydrogens (tertiary/aromatic N) is 1. The maximum absolute atomic E-state index is 6.13. The summed E-state index contributed by atoms with van der Waals surface area (Å²) in [5, 5.41) is 2.36. The van der Waals surface area contributed by atoms with Gasteiger partial charge in [-0.25, -0.2) is 0 Å². The van der Waals surface area contributed by atoms with Crippen LogP contribution in [0.2, 0.25) is 0 Å². The van der Waals surface area contributed by atoms with E-state index in [2.05, 4.69) is 29.2 Å². The van der Waals surface area contributed by atoms with Crippen molar-refractivity contribution < 1.29 is 9.15 Å². The molecule has 2 aromatic carbocycles. The number of hydrogen-bond acceptors (Lipinski definition) is 3. The van der Waals surface area contributed by atoms with Crippen molar-refractivity contribution in [1.82, 2.24) is 4.90 Å². The van der Waals surface area contributed by atoms with Gasteiger partial charge in [0.1, 0.15) is 16.9 Å². The molecule has 1 fully saturated rings. The van der Waals surface area contributed by atoms with Gasteiger partial charge in [0.15, 0.2) is 0 Å². The molecule has 1 aromatic heterocycles. The summed E-state index contributed by atoms with van der Waals surface area (Å²) < 4.78 is 11.7. The van der Waals surface area contributed by atoms with Gasteiger partial charge in [-0.05, 0) is 44.1 Å². The molecule has 3 nitrogen and oxygen atoms in total. The van der Waals surface area contributed by atoms with Gasteiger partial charge in [0.25, 0.3) is 0 Å². The molecule has 0 aliphatic carbocycles. The zero-order valence-corrected chi connectivity index (χ0v) is 12.3. The Morgan fingerprint density at radius 3 is 2.67 bits per heavy atom. The summed E-state index contributed by atoms with van der Waals surface area (Å²) in [6.45, 7) is 3.24. The molecule has 3 heteroatoms. The van der Waals surface area contributed by atoms with Crippen LogP contribution in [0.25, 0.3) is 21.9 Å². The second kappa shape index (κ2) is 5.08. The molecule has 2 heterocycles. The van der Waals surface area contributed by atoms with Gasteiger partial charge in [0, 0.05) is 17.3 Å². The van der Waals surface area contributed by atoms with Crippen LogP contribution in [0, 0.1) is 0 Å². The van der Waals surface area contributed by atoms with E-state index in [9.17, 15) is 0 Å². The van der Waals surface area contributed by atoms with Crippen LogP contribution in [0.5, 0.6) is 5.75 Å². The van der Waals surface area contributed by atoms with E-state index in [1.54, 1.807) is 7.11 Å². The summed E-state index contributed by atoms with van der Waals surface area (Å²) in [6, 6.07) is 12.4. The van der Waals surface area contributed by atoms with E-state index in [0.29, 0.717) is 0 Å². The zero-order chi connectivity index (χ0) is 14.2. The van der Waals surface area contributed by atoms with Crippen LogP contribution in [-0.2, 0) is 6.54 Å². The molecule has 0 spiro atoms. The number of ether oxygens (including phenoxy) is 1. The molecule has 0 bridgehead atoms. The Labute approximate surface area is 124 Å². The van der Waals surface area contributed by atoms with Crippen molar-refractivity contribution >= 4 is 21.9 Å². The predicted molar refractivity (Wildman–Crippen MR) is 84.8 cm³/mol. The van der Waals surface area contributed by atoms with E-state index in [1.807, 2.05) is 12.1 Å². The largest absolute Gasteiger partial charge is 0.496 e. The first-order valence-corrected chi connectivity index (χ1v) is 7.56. The minimum absolute atomic E-state index is 0.903. The summed E-state index contributed by atoms with van der Waals surface area (Å²) in [5.41, 5.74) is 3.10. The van der Waals surface area contributed by atoms with Gasteiger partial charge in [-0.1, -0.05) is 18.2 Å². The number of para-hydroxylation sites is 1. The van der Waals surface area contributed by atoms with Gasteiger partial charge in [0.2, 0.25) is 0 Å². The molecule has 1 saturated heterocycles. The Balaban J connectivity index is 1.91. The summed E-state index contributed by atoms with van der Waals surface area (Å²) in [4.78, 5) is 2.48. The fraction of sp³-hybridized carbons (Fsp3) is 0.333. The number of benzene rings is 2. The average molecular weight is 281 g/mol. The average Bonchev–Trinajstić information content (AvgIpc) is 3.15. The molecule has 21 heavy (non-hydrogen) atoms. The first-order chi connectivity index (χ1) is 10.4. The fourth-order valence-electron chi connectivity index (χ4n) is 3.33. The molecule has 0 saturated carbocycles. The molecule has 1 aliphatic heterocycles. The summed E-state index contributed by atoms with van der Waals surface area (Å²) in [6.07, 6.45) is 2.58. The third-order valence-electron chi connectivity index (χ3n) is 4.41. The number of furan rings is 1. The van der Waals surface area contributed by atoms with Crippen LogP contribution < -0.4 is 4.74 Å². The lowest BCUT2D eigenvalue weighted by Crippen LogP contribution is -2.18. The van der Waals surface area contributed by atoms with E-state index in [1.165, 1.54) is 42.3 Å². The van der Waals surface area contributed by atoms with E-state index in [-0.39, 0.29) is 0 Å². The molecule has 0 unspecified atom stereocenters. The van der Waals surface area contributed by atoms with Crippen molar-refractivity contribution in [2.75, 3.05) is 20.2 Å². The van der Waals surface area contributed by atoms with E-state index >= 15 is 0 Å². The Hall–Kier alpha value is -2.00. The Morgan fingerprint density at radius 1 is 1.05 bits per heavy atom.